The van der Waals surface area contributed by atoms with Crippen molar-refractivity contribution in [1.29, 1.82) is 0 Å². The molecular formula is C10H16N4O. The molecule has 5 heteroatoms. The molecule has 0 radical (unpaired) electrons. The van der Waals surface area contributed by atoms with Gasteiger partial charge in [-0.25, -0.2) is 0 Å². The molecule has 1 aliphatic heterocycles. The van der Waals surface area contributed by atoms with Gasteiger partial charge in [0, 0.05) is 13.1 Å². The van der Waals surface area contributed by atoms with Gasteiger partial charge in [-0.1, -0.05) is 0 Å². The maximum absolute atomic E-state index is 5.46. The van der Waals surface area contributed by atoms with Crippen molar-refractivity contribution >= 4 is 5.82 Å². The summed E-state index contributed by atoms with van der Waals surface area (Å²) in [5, 5.41) is 6.46. The van der Waals surface area contributed by atoms with Crippen LogP contribution in [-0.2, 0) is 0 Å². The van der Waals surface area contributed by atoms with E-state index in [1.165, 1.54) is 0 Å². The number of aromatic nitrogens is 2. The molecule has 0 bridgehead atoms. The lowest BCUT2D eigenvalue weighted by atomic mass is 10.2. The van der Waals surface area contributed by atoms with Crippen molar-refractivity contribution in [1.82, 2.24) is 15.3 Å². The molecule has 2 rings (SSSR count). The molecule has 1 aliphatic rings. The van der Waals surface area contributed by atoms with E-state index in [9.17, 15) is 0 Å². The fourth-order valence-electron chi connectivity index (χ4n) is 1.32. The molecular weight excluding hydrogens is 192 g/mol. The molecule has 5 nitrogen and oxygen atoms in total. The van der Waals surface area contributed by atoms with E-state index >= 15 is 0 Å². The Morgan fingerprint density at radius 3 is 2.87 bits per heavy atom. The van der Waals surface area contributed by atoms with E-state index in [1.807, 2.05) is 13.8 Å². The van der Waals surface area contributed by atoms with Crippen molar-refractivity contribution in [3.8, 4) is 5.88 Å². The van der Waals surface area contributed by atoms with Gasteiger partial charge in [-0.15, -0.1) is 0 Å². The monoisotopic (exact) mass is 208 g/mol. The minimum absolute atomic E-state index is 0.125. The Morgan fingerprint density at radius 1 is 1.47 bits per heavy atom. The second kappa shape index (κ2) is 4.44. The van der Waals surface area contributed by atoms with Crippen LogP contribution in [0.25, 0.3) is 0 Å². The third kappa shape index (κ3) is 2.79. The van der Waals surface area contributed by atoms with Gasteiger partial charge in [-0.3, -0.25) is 4.98 Å². The summed E-state index contributed by atoms with van der Waals surface area (Å²) >= 11 is 0. The average Bonchev–Trinajstić information content (AvgIpc) is 2.11. The average molecular weight is 208 g/mol. The molecule has 2 N–H and O–H groups in total. The van der Waals surface area contributed by atoms with Gasteiger partial charge in [-0.05, 0) is 13.8 Å². The van der Waals surface area contributed by atoms with Crippen LogP contribution in [0.5, 0.6) is 5.88 Å². The second-order valence-corrected chi connectivity index (χ2v) is 3.91. The van der Waals surface area contributed by atoms with Crippen LogP contribution in [0.3, 0.4) is 0 Å². The summed E-state index contributed by atoms with van der Waals surface area (Å²) in [7, 11) is 0. The van der Waals surface area contributed by atoms with Crippen LogP contribution in [0.15, 0.2) is 12.4 Å². The van der Waals surface area contributed by atoms with E-state index in [4.69, 9.17) is 4.74 Å². The Labute approximate surface area is 89.3 Å². The van der Waals surface area contributed by atoms with Crippen LogP contribution < -0.4 is 15.4 Å². The number of hydrogen-bond acceptors (Lipinski definition) is 5. The van der Waals surface area contributed by atoms with E-state index in [1.54, 1.807) is 12.4 Å². The normalized spacial score (nSPS) is 16.2. The Kier molecular flexibility index (Phi) is 3.01. The van der Waals surface area contributed by atoms with Gasteiger partial charge in [0.15, 0.2) is 0 Å². The predicted octanol–water partition coefficient (Wildman–Crippen LogP) is 0.647. The maximum atomic E-state index is 5.46. The molecule has 1 fully saturated rings. The van der Waals surface area contributed by atoms with Gasteiger partial charge in [0.1, 0.15) is 5.82 Å². The highest BCUT2D eigenvalue weighted by molar-refractivity contribution is 5.35. The lowest BCUT2D eigenvalue weighted by Crippen LogP contribution is -2.51. The molecule has 0 saturated carbocycles. The first-order valence-electron chi connectivity index (χ1n) is 5.20. The number of rotatable bonds is 4. The molecule has 2 heterocycles. The number of nitrogens with one attached hydrogen (secondary N) is 2. The van der Waals surface area contributed by atoms with E-state index < -0.39 is 0 Å². The molecule has 15 heavy (non-hydrogen) atoms. The Morgan fingerprint density at radius 2 is 2.27 bits per heavy atom. The van der Waals surface area contributed by atoms with Crippen molar-refractivity contribution < 1.29 is 4.74 Å². The van der Waals surface area contributed by atoms with Crippen LogP contribution in [0.1, 0.15) is 13.8 Å². The summed E-state index contributed by atoms with van der Waals surface area (Å²) in [5.74, 6) is 1.35. The lowest BCUT2D eigenvalue weighted by Gasteiger charge is -2.28. The minimum Gasteiger partial charge on any atom is -0.474 e. The predicted molar refractivity (Wildman–Crippen MR) is 58.1 cm³/mol. The van der Waals surface area contributed by atoms with E-state index in [0.29, 0.717) is 11.9 Å². The quantitative estimate of drug-likeness (QED) is 0.760. The van der Waals surface area contributed by atoms with Crippen LogP contribution in [-0.4, -0.2) is 35.2 Å². The zero-order valence-corrected chi connectivity index (χ0v) is 9.03. The van der Waals surface area contributed by atoms with Gasteiger partial charge < -0.3 is 15.4 Å². The third-order valence-electron chi connectivity index (χ3n) is 2.10. The summed E-state index contributed by atoms with van der Waals surface area (Å²) in [4.78, 5) is 8.39. The summed E-state index contributed by atoms with van der Waals surface area (Å²) in [6.07, 6.45) is 3.47. The van der Waals surface area contributed by atoms with Gasteiger partial charge in [0.2, 0.25) is 5.88 Å². The number of hydrogen-bond donors (Lipinski definition) is 2. The molecule has 0 spiro atoms. The first-order chi connectivity index (χ1) is 7.24. The van der Waals surface area contributed by atoms with Crippen molar-refractivity contribution in [2.45, 2.75) is 26.0 Å². The Bertz CT molecular complexity index is 325. The van der Waals surface area contributed by atoms with Gasteiger partial charge in [0.25, 0.3) is 0 Å². The molecule has 1 saturated heterocycles. The summed E-state index contributed by atoms with van der Waals surface area (Å²) < 4.78 is 5.46. The lowest BCUT2D eigenvalue weighted by molar-refractivity contribution is 0.232. The zero-order valence-electron chi connectivity index (χ0n) is 9.03. The first-order valence-corrected chi connectivity index (χ1v) is 5.20. The van der Waals surface area contributed by atoms with Crippen LogP contribution in [0.2, 0.25) is 0 Å². The highest BCUT2D eigenvalue weighted by atomic mass is 16.5. The standard InChI is InChI=1S/C10H16N4O/c1-7(2)15-10-6-12-5-9(14-10)13-8-3-11-4-8/h5-8,11H,3-4H2,1-2H3,(H,13,14). The van der Waals surface area contributed by atoms with E-state index in [-0.39, 0.29) is 6.10 Å². The minimum atomic E-state index is 0.125. The molecule has 0 aromatic carbocycles. The van der Waals surface area contributed by atoms with Crippen molar-refractivity contribution in [2.24, 2.45) is 0 Å². The molecule has 1 aromatic heterocycles. The highest BCUT2D eigenvalue weighted by Gasteiger charge is 2.16. The van der Waals surface area contributed by atoms with Gasteiger partial charge >= 0.3 is 0 Å². The van der Waals surface area contributed by atoms with Crippen molar-refractivity contribution in [2.75, 3.05) is 18.4 Å². The fourth-order valence-corrected chi connectivity index (χ4v) is 1.32. The molecule has 0 unspecified atom stereocenters. The number of ether oxygens (including phenoxy) is 1. The topological polar surface area (TPSA) is 59.1 Å². The summed E-state index contributed by atoms with van der Waals surface area (Å²) in [5.41, 5.74) is 0. The SMILES string of the molecule is CC(C)Oc1cncc(NC2CNC2)n1. The number of nitrogens with zero attached hydrogens (tertiary/aromatic N) is 2. The fraction of sp³-hybridized carbons (Fsp3) is 0.600. The van der Waals surface area contributed by atoms with Gasteiger partial charge in [-0.2, -0.15) is 4.98 Å². The summed E-state index contributed by atoms with van der Waals surface area (Å²) in [6, 6.07) is 0.466. The third-order valence-corrected chi connectivity index (χ3v) is 2.10. The second-order valence-electron chi connectivity index (χ2n) is 3.91. The van der Waals surface area contributed by atoms with Crippen LogP contribution in [0.4, 0.5) is 5.82 Å². The first kappa shape index (κ1) is 10.2. The molecule has 82 valence electrons. The van der Waals surface area contributed by atoms with Crippen molar-refractivity contribution in [3.63, 3.8) is 0 Å². The van der Waals surface area contributed by atoms with Gasteiger partial charge in [0.05, 0.1) is 24.5 Å². The van der Waals surface area contributed by atoms with E-state index in [0.717, 1.165) is 18.9 Å². The molecule has 0 atom stereocenters. The Balaban J connectivity index is 1.98. The molecule has 0 aliphatic carbocycles. The van der Waals surface area contributed by atoms with Crippen LogP contribution >= 0.6 is 0 Å². The van der Waals surface area contributed by atoms with Crippen molar-refractivity contribution in [3.05, 3.63) is 12.4 Å². The largest absolute Gasteiger partial charge is 0.474 e. The zero-order chi connectivity index (χ0) is 10.7. The maximum Gasteiger partial charge on any atom is 0.234 e. The smallest absolute Gasteiger partial charge is 0.234 e. The Hall–Kier alpha value is -1.36. The van der Waals surface area contributed by atoms with E-state index in [2.05, 4.69) is 20.6 Å². The summed E-state index contributed by atoms with van der Waals surface area (Å²) in [6.45, 7) is 5.91. The molecule has 0 amide bonds. The van der Waals surface area contributed by atoms with Crippen LogP contribution in [0, 0.1) is 0 Å². The highest BCUT2D eigenvalue weighted by Crippen LogP contribution is 2.12. The molecule has 1 aromatic rings. The number of anilines is 1.